The Balaban J connectivity index is 1.49. The molecule has 0 bridgehead atoms. The monoisotopic (exact) mass is 488 g/mol. The van der Waals surface area contributed by atoms with Crippen LogP contribution in [0, 0.1) is 23.7 Å². The van der Waals surface area contributed by atoms with Crippen molar-refractivity contribution in [3.05, 3.63) is 0 Å². The Hall–Kier alpha value is -1.09. The zero-order valence-corrected chi connectivity index (χ0v) is 19.7. The molecule has 0 spiro atoms. The maximum atomic E-state index is 13.4. The number of likely N-dealkylation sites (tertiary alicyclic amines) is 1. The molecule has 0 aromatic rings. The second kappa shape index (κ2) is 9.28. The number of nitrogens with zero attached hydrogens (tertiary/aromatic N) is 1. The quantitative estimate of drug-likeness (QED) is 0.378. The fourth-order valence-corrected chi connectivity index (χ4v) is 6.67. The number of hydrogen-bond donors (Lipinski definition) is 4. The Labute approximate surface area is 198 Å². The standard InChI is InChI=1S/C22H34Cl2N4O4/c23-22(24)13-10-28(21(32)16(25)12-7-2-1-3-8-12)17(15(13)22)20(31)27-14(18(29)19(26)30)9-11-5-4-6-11/h11-18,29H,1-10,25H2,(H2,26,30)(H,27,31)/t13-,14?,15-,16-,17-,18?/m0/s1. The number of nitrogens with one attached hydrogen (secondary N) is 1. The summed E-state index contributed by atoms with van der Waals surface area (Å²) < 4.78 is -1.07. The summed E-state index contributed by atoms with van der Waals surface area (Å²) in [7, 11) is 0. The van der Waals surface area contributed by atoms with Crippen molar-refractivity contribution in [1.82, 2.24) is 10.2 Å². The zero-order chi connectivity index (χ0) is 23.2. The predicted molar refractivity (Wildman–Crippen MR) is 121 cm³/mol. The summed E-state index contributed by atoms with van der Waals surface area (Å²) in [5.41, 5.74) is 11.7. The van der Waals surface area contributed by atoms with Crippen LogP contribution in [0.4, 0.5) is 0 Å². The van der Waals surface area contributed by atoms with E-state index in [0.717, 1.165) is 51.4 Å². The van der Waals surface area contributed by atoms with Gasteiger partial charge in [0.05, 0.1) is 12.1 Å². The van der Waals surface area contributed by atoms with Gasteiger partial charge in [0.2, 0.25) is 17.7 Å². The van der Waals surface area contributed by atoms with E-state index >= 15 is 0 Å². The highest BCUT2D eigenvalue weighted by Crippen LogP contribution is 2.65. The molecule has 32 heavy (non-hydrogen) atoms. The number of nitrogens with two attached hydrogens (primary N) is 2. The molecule has 8 nitrogen and oxygen atoms in total. The molecule has 180 valence electrons. The van der Waals surface area contributed by atoms with Gasteiger partial charge in [0.1, 0.15) is 10.4 Å². The van der Waals surface area contributed by atoms with Crippen molar-refractivity contribution >= 4 is 40.9 Å². The first-order valence-electron chi connectivity index (χ1n) is 11.8. The van der Waals surface area contributed by atoms with Gasteiger partial charge in [-0.25, -0.2) is 0 Å². The average Bonchev–Trinajstić information content (AvgIpc) is 3.08. The molecule has 4 fully saturated rings. The van der Waals surface area contributed by atoms with Crippen LogP contribution in [0.25, 0.3) is 0 Å². The number of amides is 3. The van der Waals surface area contributed by atoms with Crippen molar-refractivity contribution in [2.75, 3.05) is 6.54 Å². The smallest absolute Gasteiger partial charge is 0.248 e. The molecule has 4 rings (SSSR count). The van der Waals surface area contributed by atoms with Gasteiger partial charge in [0.15, 0.2) is 6.10 Å². The van der Waals surface area contributed by atoms with E-state index in [1.165, 1.54) is 4.90 Å². The van der Waals surface area contributed by atoms with Gasteiger partial charge in [0.25, 0.3) is 0 Å². The second-order valence-corrected chi connectivity index (χ2v) is 11.6. The van der Waals surface area contributed by atoms with Gasteiger partial charge in [-0.05, 0) is 31.1 Å². The Morgan fingerprint density at radius 2 is 1.75 bits per heavy atom. The lowest BCUT2D eigenvalue weighted by atomic mass is 9.79. The summed E-state index contributed by atoms with van der Waals surface area (Å²) in [6.45, 7) is 0.278. The number of rotatable bonds is 8. The number of halogens is 2. The van der Waals surface area contributed by atoms with Crippen LogP contribution in [0.1, 0.15) is 57.8 Å². The van der Waals surface area contributed by atoms with E-state index in [0.29, 0.717) is 12.3 Å². The van der Waals surface area contributed by atoms with Gasteiger partial charge < -0.3 is 26.8 Å². The van der Waals surface area contributed by atoms with Gasteiger partial charge in [-0.2, -0.15) is 0 Å². The number of hydrogen-bond acceptors (Lipinski definition) is 5. The van der Waals surface area contributed by atoms with E-state index in [9.17, 15) is 19.5 Å². The molecule has 6 N–H and O–H groups in total. The lowest BCUT2D eigenvalue weighted by molar-refractivity contribution is -0.143. The van der Waals surface area contributed by atoms with E-state index in [2.05, 4.69) is 5.32 Å². The number of carbonyl (C=O) groups is 3. The molecule has 0 radical (unpaired) electrons. The van der Waals surface area contributed by atoms with Crippen LogP contribution in [0.2, 0.25) is 0 Å². The summed E-state index contributed by atoms with van der Waals surface area (Å²) in [5.74, 6) is -1.77. The van der Waals surface area contributed by atoms with E-state index in [1.54, 1.807) is 0 Å². The number of aliphatic hydroxyl groups excluding tert-OH is 1. The number of fused-ring (bicyclic) bond motifs is 1. The minimum atomic E-state index is -1.50. The third-order valence-corrected chi connectivity index (χ3v) is 9.20. The van der Waals surface area contributed by atoms with Crippen LogP contribution in [-0.2, 0) is 14.4 Å². The molecule has 1 aliphatic heterocycles. The van der Waals surface area contributed by atoms with Crippen molar-refractivity contribution < 1.29 is 19.5 Å². The number of aliphatic hydroxyl groups is 1. The van der Waals surface area contributed by atoms with Crippen LogP contribution in [0.15, 0.2) is 0 Å². The molecule has 6 atom stereocenters. The fourth-order valence-electron chi connectivity index (χ4n) is 5.84. The van der Waals surface area contributed by atoms with Crippen LogP contribution < -0.4 is 16.8 Å². The minimum absolute atomic E-state index is 0.108. The first kappa shape index (κ1) is 24.0. The maximum absolute atomic E-state index is 13.4. The maximum Gasteiger partial charge on any atom is 0.248 e. The summed E-state index contributed by atoms with van der Waals surface area (Å²) in [5, 5.41) is 13.1. The van der Waals surface area contributed by atoms with Crippen molar-refractivity contribution in [3.63, 3.8) is 0 Å². The van der Waals surface area contributed by atoms with Crippen LogP contribution in [-0.4, -0.2) is 62.8 Å². The van der Waals surface area contributed by atoms with Crippen LogP contribution in [0.5, 0.6) is 0 Å². The third kappa shape index (κ3) is 4.48. The molecule has 4 aliphatic rings. The summed E-state index contributed by atoms with van der Waals surface area (Å²) >= 11 is 12.8. The van der Waals surface area contributed by atoms with Crippen molar-refractivity contribution in [2.45, 2.75) is 86.4 Å². The molecule has 3 amide bonds. The second-order valence-electron chi connectivity index (χ2n) is 10.2. The largest absolute Gasteiger partial charge is 0.381 e. The third-order valence-electron chi connectivity index (χ3n) is 8.14. The Morgan fingerprint density at radius 3 is 2.31 bits per heavy atom. The Kier molecular flexibility index (Phi) is 6.97. The molecular weight excluding hydrogens is 455 g/mol. The molecule has 0 aromatic carbocycles. The van der Waals surface area contributed by atoms with Crippen LogP contribution in [0.3, 0.4) is 0 Å². The molecule has 3 saturated carbocycles. The Bertz CT molecular complexity index is 756. The first-order chi connectivity index (χ1) is 15.1. The van der Waals surface area contributed by atoms with Crippen molar-refractivity contribution in [1.29, 1.82) is 0 Å². The van der Waals surface area contributed by atoms with E-state index < -0.39 is 46.3 Å². The van der Waals surface area contributed by atoms with Crippen LogP contribution >= 0.6 is 23.2 Å². The van der Waals surface area contributed by atoms with Gasteiger partial charge >= 0.3 is 0 Å². The van der Waals surface area contributed by atoms with E-state index in [-0.39, 0.29) is 24.3 Å². The van der Waals surface area contributed by atoms with Crippen molar-refractivity contribution in [2.24, 2.45) is 35.1 Å². The average molecular weight is 489 g/mol. The summed E-state index contributed by atoms with van der Waals surface area (Å²) in [6.07, 6.45) is 7.11. The Morgan fingerprint density at radius 1 is 1.09 bits per heavy atom. The highest BCUT2D eigenvalue weighted by molar-refractivity contribution is 6.51. The number of alkyl halides is 2. The minimum Gasteiger partial charge on any atom is -0.381 e. The molecule has 1 heterocycles. The lowest BCUT2D eigenvalue weighted by Crippen LogP contribution is -2.59. The fraction of sp³-hybridized carbons (Fsp3) is 0.864. The van der Waals surface area contributed by atoms with Crippen molar-refractivity contribution in [3.8, 4) is 0 Å². The normalized spacial score (nSPS) is 32.4. The van der Waals surface area contributed by atoms with Gasteiger partial charge in [-0.15, -0.1) is 23.2 Å². The molecule has 0 aromatic heterocycles. The van der Waals surface area contributed by atoms with E-state index in [1.807, 2.05) is 0 Å². The predicted octanol–water partition coefficient (Wildman–Crippen LogP) is 1.05. The number of carbonyl (C=O) groups excluding carboxylic acids is 3. The topological polar surface area (TPSA) is 139 Å². The molecular formula is C22H34Cl2N4O4. The van der Waals surface area contributed by atoms with Gasteiger partial charge in [0, 0.05) is 18.4 Å². The molecule has 10 heteroatoms. The lowest BCUT2D eigenvalue weighted by Gasteiger charge is -2.36. The van der Waals surface area contributed by atoms with E-state index in [4.69, 9.17) is 34.7 Å². The molecule has 1 saturated heterocycles. The highest BCUT2D eigenvalue weighted by atomic mass is 35.5. The molecule has 3 aliphatic carbocycles. The summed E-state index contributed by atoms with van der Waals surface area (Å²) in [6, 6.07) is -2.35. The zero-order valence-electron chi connectivity index (χ0n) is 18.2. The number of piperidine rings is 1. The highest BCUT2D eigenvalue weighted by Gasteiger charge is 2.74. The first-order valence-corrected chi connectivity index (χ1v) is 12.6. The van der Waals surface area contributed by atoms with Gasteiger partial charge in [-0.3, -0.25) is 14.4 Å². The molecule has 2 unspecified atom stereocenters. The summed E-state index contributed by atoms with van der Waals surface area (Å²) in [4.78, 5) is 39.9. The SMILES string of the molecule is NC(=O)C(O)C(CC1CCC1)NC(=O)[C@@H]1[C@@H]2[C@H](CN1C(=O)[C@@H](N)C1CCCCC1)C2(Cl)Cl. The van der Waals surface area contributed by atoms with Gasteiger partial charge in [-0.1, -0.05) is 38.5 Å². The number of primary amides is 1.